The van der Waals surface area contributed by atoms with Crippen LogP contribution in [-0.4, -0.2) is 29.2 Å². The number of benzene rings is 1. The summed E-state index contributed by atoms with van der Waals surface area (Å²) in [6.45, 7) is 5.56. The molecule has 1 amide bonds. The summed E-state index contributed by atoms with van der Waals surface area (Å²) in [5.74, 6) is 1.49. The van der Waals surface area contributed by atoms with E-state index in [0.29, 0.717) is 18.0 Å². The molecule has 1 unspecified atom stereocenters. The van der Waals surface area contributed by atoms with E-state index in [9.17, 15) is 4.79 Å². The molecule has 28 heavy (non-hydrogen) atoms. The highest BCUT2D eigenvalue weighted by Crippen LogP contribution is 2.26. The molecule has 0 spiro atoms. The number of para-hydroxylation sites is 1. The molecule has 1 aliphatic rings. The van der Waals surface area contributed by atoms with E-state index < -0.39 is 0 Å². The molecule has 1 atom stereocenters. The van der Waals surface area contributed by atoms with Crippen molar-refractivity contribution in [2.45, 2.75) is 26.7 Å². The van der Waals surface area contributed by atoms with Gasteiger partial charge in [0.15, 0.2) is 11.6 Å². The number of aryl methyl sites for hydroxylation is 2. The van der Waals surface area contributed by atoms with E-state index in [-0.39, 0.29) is 11.8 Å². The van der Waals surface area contributed by atoms with E-state index >= 15 is 0 Å². The van der Waals surface area contributed by atoms with Crippen LogP contribution in [0.1, 0.15) is 24.0 Å². The largest absolute Gasteiger partial charge is 0.463 e. The quantitative estimate of drug-likeness (QED) is 0.739. The zero-order valence-electron chi connectivity index (χ0n) is 16.2. The van der Waals surface area contributed by atoms with E-state index in [0.717, 1.165) is 42.0 Å². The lowest BCUT2D eigenvalue weighted by Crippen LogP contribution is -2.41. The van der Waals surface area contributed by atoms with Gasteiger partial charge in [-0.2, -0.15) is 0 Å². The number of nitrogens with zero attached hydrogens (tertiary/aromatic N) is 3. The standard InChI is InChI=1S/C22H24N4O2/c1-15-6-3-7-16(2)21(15)23-22(27)17-8-4-12-26(14-17)20-11-10-18(24-25-20)19-9-5-13-28-19/h3,5-7,9-11,13,17H,4,8,12,14H2,1-2H3,(H,23,27). The summed E-state index contributed by atoms with van der Waals surface area (Å²) >= 11 is 0. The van der Waals surface area contributed by atoms with Crippen molar-refractivity contribution in [3.63, 3.8) is 0 Å². The molecule has 1 N–H and O–H groups in total. The van der Waals surface area contributed by atoms with Crippen molar-refractivity contribution in [3.8, 4) is 11.5 Å². The number of carbonyl (C=O) groups excluding carboxylic acids is 1. The smallest absolute Gasteiger partial charge is 0.229 e. The molecular formula is C22H24N4O2. The lowest BCUT2D eigenvalue weighted by Gasteiger charge is -2.32. The average Bonchev–Trinajstić information content (AvgIpc) is 3.26. The zero-order valence-corrected chi connectivity index (χ0v) is 16.2. The van der Waals surface area contributed by atoms with Crippen molar-refractivity contribution >= 4 is 17.4 Å². The number of hydrogen-bond acceptors (Lipinski definition) is 5. The van der Waals surface area contributed by atoms with Gasteiger partial charge >= 0.3 is 0 Å². The third-order valence-corrected chi connectivity index (χ3v) is 5.27. The fourth-order valence-electron chi connectivity index (χ4n) is 3.69. The van der Waals surface area contributed by atoms with Crippen molar-refractivity contribution in [1.29, 1.82) is 0 Å². The van der Waals surface area contributed by atoms with Crippen LogP contribution in [0.4, 0.5) is 11.5 Å². The summed E-state index contributed by atoms with van der Waals surface area (Å²) in [7, 11) is 0. The normalized spacial score (nSPS) is 16.8. The van der Waals surface area contributed by atoms with E-state index in [2.05, 4.69) is 20.4 Å². The Kier molecular flexibility index (Phi) is 5.10. The van der Waals surface area contributed by atoms with Gasteiger partial charge in [0, 0.05) is 18.8 Å². The van der Waals surface area contributed by atoms with E-state index in [1.165, 1.54) is 0 Å². The third-order valence-electron chi connectivity index (χ3n) is 5.27. The fourth-order valence-corrected chi connectivity index (χ4v) is 3.69. The third kappa shape index (κ3) is 3.76. The van der Waals surface area contributed by atoms with E-state index in [4.69, 9.17) is 4.42 Å². The highest BCUT2D eigenvalue weighted by atomic mass is 16.3. The van der Waals surface area contributed by atoms with Gasteiger partial charge in [-0.25, -0.2) is 0 Å². The highest BCUT2D eigenvalue weighted by molar-refractivity contribution is 5.94. The zero-order chi connectivity index (χ0) is 19.5. The molecule has 0 bridgehead atoms. The number of furan rings is 1. The maximum atomic E-state index is 12.9. The lowest BCUT2D eigenvalue weighted by molar-refractivity contribution is -0.120. The molecule has 144 valence electrons. The van der Waals surface area contributed by atoms with Gasteiger partial charge in [-0.1, -0.05) is 18.2 Å². The average molecular weight is 376 g/mol. The number of hydrogen-bond donors (Lipinski definition) is 1. The Labute approximate surface area is 164 Å². The molecule has 4 rings (SSSR count). The van der Waals surface area contributed by atoms with Crippen molar-refractivity contribution in [2.75, 3.05) is 23.3 Å². The molecule has 6 heteroatoms. The number of aromatic nitrogens is 2. The summed E-state index contributed by atoms with van der Waals surface area (Å²) < 4.78 is 5.36. The lowest BCUT2D eigenvalue weighted by atomic mass is 9.96. The van der Waals surface area contributed by atoms with Crippen LogP contribution in [0.5, 0.6) is 0 Å². The van der Waals surface area contributed by atoms with Gasteiger partial charge in [0.1, 0.15) is 5.69 Å². The van der Waals surface area contributed by atoms with Crippen LogP contribution >= 0.6 is 0 Å². The van der Waals surface area contributed by atoms with Gasteiger partial charge in [0.05, 0.1) is 12.2 Å². The molecule has 3 aromatic rings. The second-order valence-corrected chi connectivity index (χ2v) is 7.30. The van der Waals surface area contributed by atoms with Gasteiger partial charge in [-0.15, -0.1) is 10.2 Å². The minimum absolute atomic E-state index is 0.0701. The van der Waals surface area contributed by atoms with Crippen LogP contribution in [-0.2, 0) is 4.79 Å². The second-order valence-electron chi connectivity index (χ2n) is 7.30. The molecule has 0 saturated carbocycles. The monoisotopic (exact) mass is 376 g/mol. The maximum absolute atomic E-state index is 12.9. The Bertz CT molecular complexity index is 931. The molecule has 1 aromatic carbocycles. The Hall–Kier alpha value is -3.15. The van der Waals surface area contributed by atoms with Crippen molar-refractivity contribution in [2.24, 2.45) is 5.92 Å². The molecule has 1 saturated heterocycles. The first-order valence-corrected chi connectivity index (χ1v) is 9.61. The van der Waals surface area contributed by atoms with Crippen molar-refractivity contribution < 1.29 is 9.21 Å². The first-order valence-electron chi connectivity index (χ1n) is 9.61. The Morgan fingerprint density at radius 2 is 1.93 bits per heavy atom. The first kappa shape index (κ1) is 18.2. The topological polar surface area (TPSA) is 71.3 Å². The van der Waals surface area contributed by atoms with Gasteiger partial charge in [0.2, 0.25) is 5.91 Å². The number of amides is 1. The molecule has 3 heterocycles. The number of anilines is 2. The molecule has 0 radical (unpaired) electrons. The van der Waals surface area contributed by atoms with Gasteiger partial charge < -0.3 is 14.6 Å². The van der Waals surface area contributed by atoms with Gasteiger partial charge in [-0.05, 0) is 62.1 Å². The molecule has 2 aromatic heterocycles. The summed E-state index contributed by atoms with van der Waals surface area (Å²) in [4.78, 5) is 15.0. The molecule has 1 aliphatic heterocycles. The maximum Gasteiger partial charge on any atom is 0.229 e. The first-order chi connectivity index (χ1) is 13.6. The number of nitrogens with one attached hydrogen (secondary N) is 1. The van der Waals surface area contributed by atoms with E-state index in [1.807, 2.05) is 56.3 Å². The van der Waals surface area contributed by atoms with E-state index in [1.54, 1.807) is 6.26 Å². The predicted molar refractivity (Wildman–Crippen MR) is 109 cm³/mol. The molecule has 6 nitrogen and oxygen atoms in total. The molecule has 0 aliphatic carbocycles. The Balaban J connectivity index is 1.44. The van der Waals surface area contributed by atoms with Crippen LogP contribution in [0.3, 0.4) is 0 Å². The van der Waals surface area contributed by atoms with Crippen LogP contribution in [0, 0.1) is 19.8 Å². The van der Waals surface area contributed by atoms with Crippen LogP contribution in [0.2, 0.25) is 0 Å². The fraction of sp³-hybridized carbons (Fsp3) is 0.318. The van der Waals surface area contributed by atoms with Crippen molar-refractivity contribution in [3.05, 3.63) is 59.9 Å². The number of piperidine rings is 1. The van der Waals surface area contributed by atoms with Gasteiger partial charge in [-0.3, -0.25) is 4.79 Å². The van der Waals surface area contributed by atoms with Crippen LogP contribution < -0.4 is 10.2 Å². The minimum atomic E-state index is -0.0701. The predicted octanol–water partition coefficient (Wildman–Crippen LogP) is 4.21. The Morgan fingerprint density at radius 3 is 2.61 bits per heavy atom. The summed E-state index contributed by atoms with van der Waals surface area (Å²) in [6, 6.07) is 13.6. The summed E-state index contributed by atoms with van der Waals surface area (Å²) in [5, 5.41) is 11.8. The molecule has 1 fully saturated rings. The second kappa shape index (κ2) is 7.84. The summed E-state index contributed by atoms with van der Waals surface area (Å²) in [6.07, 6.45) is 3.45. The summed E-state index contributed by atoms with van der Waals surface area (Å²) in [5.41, 5.74) is 3.79. The van der Waals surface area contributed by atoms with Gasteiger partial charge in [0.25, 0.3) is 0 Å². The minimum Gasteiger partial charge on any atom is -0.463 e. The van der Waals surface area contributed by atoms with Crippen LogP contribution in [0.15, 0.2) is 53.1 Å². The number of carbonyl (C=O) groups is 1. The van der Waals surface area contributed by atoms with Crippen molar-refractivity contribution in [1.82, 2.24) is 10.2 Å². The molecular weight excluding hydrogens is 352 g/mol. The highest BCUT2D eigenvalue weighted by Gasteiger charge is 2.27. The Morgan fingerprint density at radius 1 is 1.11 bits per heavy atom. The SMILES string of the molecule is Cc1cccc(C)c1NC(=O)C1CCCN(c2ccc(-c3ccco3)nn2)C1. The van der Waals surface area contributed by atoms with Crippen LogP contribution in [0.25, 0.3) is 11.5 Å². The number of rotatable bonds is 4.